The van der Waals surface area contributed by atoms with E-state index in [1.807, 2.05) is 6.07 Å². The molecule has 2 aliphatic heterocycles. The molecule has 0 spiro atoms. The number of ether oxygens (including phenoxy) is 3. The summed E-state index contributed by atoms with van der Waals surface area (Å²) >= 11 is 0. The number of nitrogens with zero attached hydrogens (tertiary/aromatic N) is 3. The van der Waals surface area contributed by atoms with Crippen LogP contribution in [0.1, 0.15) is 36.5 Å². The Morgan fingerprint density at radius 1 is 1.16 bits per heavy atom. The average molecular weight is 451 g/mol. The lowest BCUT2D eigenvalue weighted by Crippen LogP contribution is -2.49. The molecule has 172 valence electrons. The second-order valence-corrected chi connectivity index (χ2v) is 7.63. The Kier molecular flexibility index (Phi) is 6.52. The summed E-state index contributed by atoms with van der Waals surface area (Å²) in [6.45, 7) is 0.511. The number of halogens is 2. The number of hydrogen-bond acceptors (Lipinski definition) is 7. The van der Waals surface area contributed by atoms with Crippen LogP contribution >= 0.6 is 0 Å². The molecule has 1 unspecified atom stereocenters. The van der Waals surface area contributed by atoms with Crippen LogP contribution in [0.5, 0.6) is 17.2 Å². The molecular weight excluding hydrogens is 428 g/mol. The van der Waals surface area contributed by atoms with E-state index in [4.69, 9.17) is 14.2 Å². The average Bonchev–Trinajstić information content (AvgIpc) is 3.36. The van der Waals surface area contributed by atoms with E-state index in [1.54, 1.807) is 0 Å². The third kappa shape index (κ3) is 4.44. The van der Waals surface area contributed by atoms with Crippen molar-refractivity contribution in [2.24, 2.45) is 0 Å². The number of nitriles is 1. The molecule has 3 rings (SSSR count). The largest absolute Gasteiger partial charge is 0.493 e. The predicted molar refractivity (Wildman–Crippen MR) is 106 cm³/mol. The van der Waals surface area contributed by atoms with E-state index in [1.165, 1.54) is 38.2 Å². The zero-order chi connectivity index (χ0) is 23.6. The van der Waals surface area contributed by atoms with Crippen molar-refractivity contribution in [3.63, 3.8) is 0 Å². The predicted octanol–water partition coefficient (Wildman–Crippen LogP) is 1.99. The summed E-state index contributed by atoms with van der Waals surface area (Å²) in [5.74, 6) is -5.50. The fourth-order valence-electron chi connectivity index (χ4n) is 4.02. The zero-order valence-electron chi connectivity index (χ0n) is 17.9. The van der Waals surface area contributed by atoms with Crippen LogP contribution in [0.4, 0.5) is 8.78 Å². The smallest absolute Gasteiger partial charge is 0.308 e. The second kappa shape index (κ2) is 8.98. The van der Waals surface area contributed by atoms with Gasteiger partial charge in [0.1, 0.15) is 12.1 Å². The van der Waals surface area contributed by atoms with E-state index in [-0.39, 0.29) is 29.4 Å². The monoisotopic (exact) mass is 451 g/mol. The molecule has 2 aliphatic rings. The zero-order valence-corrected chi connectivity index (χ0v) is 17.9. The normalized spacial score (nSPS) is 21.8. The molecule has 0 N–H and O–H groups in total. The van der Waals surface area contributed by atoms with Gasteiger partial charge in [-0.2, -0.15) is 5.26 Å². The van der Waals surface area contributed by atoms with Gasteiger partial charge >= 0.3 is 5.97 Å². The van der Waals surface area contributed by atoms with Gasteiger partial charge in [-0.25, -0.2) is 8.78 Å². The van der Waals surface area contributed by atoms with Crippen molar-refractivity contribution in [2.45, 2.75) is 44.2 Å². The van der Waals surface area contributed by atoms with Crippen LogP contribution in [0.3, 0.4) is 0 Å². The van der Waals surface area contributed by atoms with Crippen molar-refractivity contribution in [2.75, 3.05) is 27.3 Å². The number of alkyl halides is 2. The highest BCUT2D eigenvalue weighted by molar-refractivity contribution is 5.99. The van der Waals surface area contributed by atoms with Crippen molar-refractivity contribution in [3.8, 4) is 23.3 Å². The number of likely N-dealkylation sites (tertiary alicyclic amines) is 2. The number of carbonyl (C=O) groups is 3. The maximum absolute atomic E-state index is 14.3. The summed E-state index contributed by atoms with van der Waals surface area (Å²) in [4.78, 5) is 39.7. The Morgan fingerprint density at radius 3 is 2.31 bits per heavy atom. The quantitative estimate of drug-likeness (QED) is 0.498. The molecular formula is C21H23F2N3O6. The number of esters is 1. The Morgan fingerprint density at radius 2 is 1.78 bits per heavy atom. The van der Waals surface area contributed by atoms with E-state index in [0.29, 0.717) is 12.8 Å². The van der Waals surface area contributed by atoms with Gasteiger partial charge in [-0.3, -0.25) is 14.4 Å². The topological polar surface area (TPSA) is 109 Å². The highest BCUT2D eigenvalue weighted by Gasteiger charge is 2.52. The molecule has 11 heteroatoms. The molecule has 2 heterocycles. The van der Waals surface area contributed by atoms with Crippen LogP contribution in [-0.4, -0.2) is 72.9 Å². The lowest BCUT2D eigenvalue weighted by Gasteiger charge is -2.29. The van der Waals surface area contributed by atoms with Gasteiger partial charge in [0, 0.05) is 25.5 Å². The summed E-state index contributed by atoms with van der Waals surface area (Å²) in [5.41, 5.74) is -0.0802. The number of benzene rings is 1. The van der Waals surface area contributed by atoms with Crippen LogP contribution in [0.15, 0.2) is 12.1 Å². The summed E-state index contributed by atoms with van der Waals surface area (Å²) < 4.78 is 44.1. The van der Waals surface area contributed by atoms with Gasteiger partial charge in [0.2, 0.25) is 11.7 Å². The number of carbonyl (C=O) groups excluding carboxylic acids is 3. The number of rotatable bonds is 5. The van der Waals surface area contributed by atoms with Crippen molar-refractivity contribution in [3.05, 3.63) is 17.7 Å². The Labute approximate surface area is 183 Å². The number of amides is 2. The van der Waals surface area contributed by atoms with Gasteiger partial charge in [-0.15, -0.1) is 0 Å². The first kappa shape index (κ1) is 23.2. The number of methoxy groups -OCH3 is 2. The van der Waals surface area contributed by atoms with E-state index in [9.17, 15) is 28.4 Å². The second-order valence-electron chi connectivity index (χ2n) is 7.63. The first-order valence-corrected chi connectivity index (χ1v) is 9.95. The minimum absolute atomic E-state index is 0.0131. The van der Waals surface area contributed by atoms with E-state index >= 15 is 0 Å². The van der Waals surface area contributed by atoms with Gasteiger partial charge in [-0.1, -0.05) is 0 Å². The lowest BCUT2D eigenvalue weighted by molar-refractivity contribution is -0.135. The molecule has 1 aromatic carbocycles. The highest BCUT2D eigenvalue weighted by Crippen LogP contribution is 2.41. The molecule has 9 nitrogen and oxygen atoms in total. The van der Waals surface area contributed by atoms with Crippen LogP contribution in [0, 0.1) is 11.3 Å². The van der Waals surface area contributed by atoms with Gasteiger partial charge in [0.05, 0.1) is 26.8 Å². The molecule has 0 radical (unpaired) electrons. The molecule has 0 bridgehead atoms. The molecule has 2 atom stereocenters. The molecule has 2 saturated heterocycles. The lowest BCUT2D eigenvalue weighted by atomic mass is 10.1. The molecule has 32 heavy (non-hydrogen) atoms. The van der Waals surface area contributed by atoms with Crippen LogP contribution < -0.4 is 14.2 Å². The summed E-state index contributed by atoms with van der Waals surface area (Å²) in [6.07, 6.45) is 0.227. The Balaban J connectivity index is 1.96. The fourth-order valence-corrected chi connectivity index (χ4v) is 4.02. The van der Waals surface area contributed by atoms with Gasteiger partial charge < -0.3 is 24.0 Å². The third-order valence-electron chi connectivity index (χ3n) is 5.45. The fraction of sp³-hybridized carbons (Fsp3) is 0.524. The van der Waals surface area contributed by atoms with E-state index in [2.05, 4.69) is 0 Å². The van der Waals surface area contributed by atoms with Crippen molar-refractivity contribution < 1.29 is 37.4 Å². The molecule has 0 aromatic heterocycles. The van der Waals surface area contributed by atoms with Crippen molar-refractivity contribution in [1.29, 1.82) is 5.26 Å². The molecule has 0 saturated carbocycles. The first-order valence-electron chi connectivity index (χ1n) is 9.95. The molecule has 2 fully saturated rings. The van der Waals surface area contributed by atoms with Crippen LogP contribution in [0.2, 0.25) is 0 Å². The highest BCUT2D eigenvalue weighted by atomic mass is 19.3. The van der Waals surface area contributed by atoms with E-state index in [0.717, 1.165) is 4.90 Å². The maximum atomic E-state index is 14.3. The molecule has 1 aromatic rings. The van der Waals surface area contributed by atoms with Crippen molar-refractivity contribution >= 4 is 17.8 Å². The summed E-state index contributed by atoms with van der Waals surface area (Å²) in [7, 11) is 2.56. The first-order chi connectivity index (χ1) is 15.1. The van der Waals surface area contributed by atoms with Crippen LogP contribution in [-0.2, 0) is 9.59 Å². The Hall–Kier alpha value is -3.42. The minimum atomic E-state index is -3.26. The SMILES string of the molecule is COc1cc(C(=O)N2CC(F)(F)C[C@H]2C(=O)N2CCCC2C#N)cc(OC)c1OC(C)=O. The standard InChI is InChI=1S/C21H23F2N3O6/c1-12(27)32-18-16(30-2)7-13(8-17(18)31-3)19(28)26-11-21(22,23)9-15(26)20(29)25-6-4-5-14(25)10-24/h7-8,14-15H,4-6,9,11H2,1-3H3/t14?,15-/m0/s1. The maximum Gasteiger partial charge on any atom is 0.308 e. The van der Waals surface area contributed by atoms with Crippen LogP contribution in [0.25, 0.3) is 0 Å². The summed E-state index contributed by atoms with van der Waals surface area (Å²) in [6, 6.07) is 2.37. The van der Waals surface area contributed by atoms with Gasteiger partial charge in [0.25, 0.3) is 11.8 Å². The van der Waals surface area contributed by atoms with E-state index < -0.39 is 48.8 Å². The van der Waals surface area contributed by atoms with Gasteiger partial charge in [-0.05, 0) is 25.0 Å². The molecule has 0 aliphatic carbocycles. The van der Waals surface area contributed by atoms with Gasteiger partial charge in [0.15, 0.2) is 11.5 Å². The number of hydrogen-bond donors (Lipinski definition) is 0. The summed E-state index contributed by atoms with van der Waals surface area (Å²) in [5, 5.41) is 9.25. The Bertz CT molecular complexity index is 952. The minimum Gasteiger partial charge on any atom is -0.493 e. The third-order valence-corrected chi connectivity index (χ3v) is 5.45. The molecule has 2 amide bonds. The van der Waals surface area contributed by atoms with Crippen molar-refractivity contribution in [1.82, 2.24) is 9.80 Å².